The van der Waals surface area contributed by atoms with Crippen LogP contribution in [0.5, 0.6) is 0 Å². The van der Waals surface area contributed by atoms with Crippen molar-refractivity contribution in [3.05, 3.63) is 34.9 Å². The lowest BCUT2D eigenvalue weighted by Gasteiger charge is -2.31. The number of hydrogen-bond acceptors (Lipinski definition) is 2. The molecule has 2 aliphatic rings. The minimum atomic E-state index is 0.464. The van der Waals surface area contributed by atoms with E-state index < -0.39 is 0 Å². The van der Waals surface area contributed by atoms with E-state index in [0.29, 0.717) is 10.9 Å². The molecule has 0 saturated carbocycles. The van der Waals surface area contributed by atoms with Gasteiger partial charge in [-0.1, -0.05) is 30.4 Å². The SMILES string of the molecule is NC(=S)C1CCN(Cc2ccc3c(c2)CCC3)CC1. The van der Waals surface area contributed by atoms with Crippen LogP contribution in [-0.2, 0) is 19.4 Å². The average Bonchev–Trinajstić information content (AvgIpc) is 2.87. The Hall–Kier alpha value is -0.930. The molecule has 1 aromatic rings. The number of nitrogens with two attached hydrogens (primary N) is 1. The lowest BCUT2D eigenvalue weighted by atomic mass is 9.96. The quantitative estimate of drug-likeness (QED) is 0.859. The summed E-state index contributed by atoms with van der Waals surface area (Å²) in [5.41, 5.74) is 10.4. The number of hydrogen-bond donors (Lipinski definition) is 1. The fraction of sp³-hybridized carbons (Fsp3) is 0.562. The molecule has 19 heavy (non-hydrogen) atoms. The Bertz CT molecular complexity index is 476. The maximum Gasteiger partial charge on any atom is 0.0759 e. The first-order valence-corrected chi connectivity index (χ1v) is 7.75. The van der Waals surface area contributed by atoms with E-state index in [4.69, 9.17) is 18.0 Å². The summed E-state index contributed by atoms with van der Waals surface area (Å²) < 4.78 is 0. The van der Waals surface area contributed by atoms with Gasteiger partial charge in [-0.2, -0.15) is 0 Å². The van der Waals surface area contributed by atoms with E-state index in [1.807, 2.05) is 0 Å². The van der Waals surface area contributed by atoms with Crippen LogP contribution in [0.4, 0.5) is 0 Å². The van der Waals surface area contributed by atoms with Gasteiger partial charge in [-0.05, 0) is 61.9 Å². The Kier molecular flexibility index (Phi) is 3.85. The van der Waals surface area contributed by atoms with Crippen LogP contribution in [0, 0.1) is 5.92 Å². The van der Waals surface area contributed by atoms with Crippen molar-refractivity contribution in [2.75, 3.05) is 13.1 Å². The third-order valence-corrected chi connectivity index (χ3v) is 4.89. The Labute approximate surface area is 121 Å². The molecule has 0 atom stereocenters. The summed E-state index contributed by atoms with van der Waals surface area (Å²) in [7, 11) is 0. The maximum atomic E-state index is 5.74. The highest BCUT2D eigenvalue weighted by Gasteiger charge is 2.21. The molecule has 3 rings (SSSR count). The summed E-state index contributed by atoms with van der Waals surface area (Å²) in [5, 5.41) is 0. The standard InChI is InChI=1S/C16H22N2S/c17-16(19)14-6-8-18(9-7-14)11-12-4-5-13-2-1-3-15(13)10-12/h4-5,10,14H,1-3,6-9,11H2,(H2,17,19). The van der Waals surface area contributed by atoms with Gasteiger partial charge in [0, 0.05) is 12.5 Å². The molecule has 102 valence electrons. The molecule has 0 aromatic heterocycles. The lowest BCUT2D eigenvalue weighted by Crippen LogP contribution is -2.37. The molecular formula is C16H22N2S. The molecule has 0 amide bonds. The van der Waals surface area contributed by atoms with Crippen LogP contribution in [0.25, 0.3) is 0 Å². The van der Waals surface area contributed by atoms with E-state index in [-0.39, 0.29) is 0 Å². The van der Waals surface area contributed by atoms with E-state index in [0.717, 1.165) is 32.5 Å². The summed E-state index contributed by atoms with van der Waals surface area (Å²) in [6, 6.07) is 7.06. The highest BCUT2D eigenvalue weighted by Crippen LogP contribution is 2.24. The molecule has 0 spiro atoms. The molecule has 2 N–H and O–H groups in total. The molecular weight excluding hydrogens is 252 g/mol. The van der Waals surface area contributed by atoms with Crippen LogP contribution in [0.3, 0.4) is 0 Å². The van der Waals surface area contributed by atoms with E-state index in [1.165, 1.54) is 24.8 Å². The van der Waals surface area contributed by atoms with Crippen LogP contribution < -0.4 is 5.73 Å². The molecule has 1 aliphatic heterocycles. The Morgan fingerprint density at radius 1 is 1.21 bits per heavy atom. The smallest absolute Gasteiger partial charge is 0.0759 e. The number of rotatable bonds is 3. The second-order valence-electron chi connectivity index (χ2n) is 5.91. The summed E-state index contributed by atoms with van der Waals surface area (Å²) >= 11 is 5.10. The third kappa shape index (κ3) is 2.98. The summed E-state index contributed by atoms with van der Waals surface area (Å²) in [6.07, 6.45) is 6.13. The fourth-order valence-corrected chi connectivity index (χ4v) is 3.59. The largest absolute Gasteiger partial charge is 0.393 e. The molecule has 3 heteroatoms. The van der Waals surface area contributed by atoms with E-state index >= 15 is 0 Å². The molecule has 0 radical (unpaired) electrons. The van der Waals surface area contributed by atoms with Gasteiger partial charge in [-0.25, -0.2) is 0 Å². The number of piperidine rings is 1. The van der Waals surface area contributed by atoms with Crippen molar-refractivity contribution >= 4 is 17.2 Å². The zero-order valence-corrected chi connectivity index (χ0v) is 12.2. The summed E-state index contributed by atoms with van der Waals surface area (Å²) in [5.74, 6) is 0.464. The number of thiocarbonyl (C=S) groups is 1. The zero-order valence-electron chi connectivity index (χ0n) is 11.4. The van der Waals surface area contributed by atoms with Crippen molar-refractivity contribution in [1.29, 1.82) is 0 Å². The third-order valence-electron chi connectivity index (χ3n) is 4.56. The predicted molar refractivity (Wildman–Crippen MR) is 83.3 cm³/mol. The van der Waals surface area contributed by atoms with E-state index in [1.54, 1.807) is 11.1 Å². The summed E-state index contributed by atoms with van der Waals surface area (Å²) in [6.45, 7) is 3.33. The van der Waals surface area contributed by atoms with Crippen LogP contribution in [0.15, 0.2) is 18.2 Å². The Morgan fingerprint density at radius 2 is 1.95 bits per heavy atom. The van der Waals surface area contributed by atoms with Crippen molar-refractivity contribution in [2.45, 2.75) is 38.6 Å². The van der Waals surface area contributed by atoms with Crippen molar-refractivity contribution in [1.82, 2.24) is 4.90 Å². The Balaban J connectivity index is 1.59. The van der Waals surface area contributed by atoms with E-state index in [9.17, 15) is 0 Å². The topological polar surface area (TPSA) is 29.3 Å². The molecule has 0 unspecified atom stereocenters. The second-order valence-corrected chi connectivity index (χ2v) is 6.38. The molecule has 1 aliphatic carbocycles. The van der Waals surface area contributed by atoms with Gasteiger partial charge in [0.1, 0.15) is 0 Å². The van der Waals surface area contributed by atoms with Gasteiger partial charge >= 0.3 is 0 Å². The first kappa shape index (κ1) is 13.1. The van der Waals surface area contributed by atoms with Crippen molar-refractivity contribution < 1.29 is 0 Å². The zero-order chi connectivity index (χ0) is 13.2. The first-order valence-electron chi connectivity index (χ1n) is 7.35. The maximum absolute atomic E-state index is 5.74. The normalized spacial score (nSPS) is 20.4. The molecule has 1 saturated heterocycles. The van der Waals surface area contributed by atoms with Gasteiger partial charge < -0.3 is 5.73 Å². The number of aryl methyl sites for hydroxylation is 2. The highest BCUT2D eigenvalue weighted by atomic mass is 32.1. The Morgan fingerprint density at radius 3 is 2.68 bits per heavy atom. The van der Waals surface area contributed by atoms with E-state index in [2.05, 4.69) is 23.1 Å². The van der Waals surface area contributed by atoms with Gasteiger partial charge in [0.25, 0.3) is 0 Å². The molecule has 1 aromatic carbocycles. The van der Waals surface area contributed by atoms with Crippen molar-refractivity contribution in [3.8, 4) is 0 Å². The molecule has 0 bridgehead atoms. The minimum absolute atomic E-state index is 0.464. The number of benzene rings is 1. The monoisotopic (exact) mass is 274 g/mol. The van der Waals surface area contributed by atoms with Gasteiger partial charge in [0.15, 0.2) is 0 Å². The first-order chi connectivity index (χ1) is 9.22. The van der Waals surface area contributed by atoms with Crippen molar-refractivity contribution in [2.24, 2.45) is 11.7 Å². The van der Waals surface area contributed by atoms with Crippen LogP contribution in [-0.4, -0.2) is 23.0 Å². The second kappa shape index (κ2) is 5.59. The molecule has 2 nitrogen and oxygen atoms in total. The van der Waals surface area contributed by atoms with Gasteiger partial charge in [0.2, 0.25) is 0 Å². The molecule has 1 fully saturated rings. The van der Waals surface area contributed by atoms with Gasteiger partial charge in [0.05, 0.1) is 4.99 Å². The summed E-state index contributed by atoms with van der Waals surface area (Å²) in [4.78, 5) is 3.24. The number of fused-ring (bicyclic) bond motifs is 1. The van der Waals surface area contributed by atoms with Gasteiger partial charge in [-0.3, -0.25) is 4.90 Å². The molecule has 1 heterocycles. The fourth-order valence-electron chi connectivity index (χ4n) is 3.36. The number of nitrogens with zero attached hydrogens (tertiary/aromatic N) is 1. The highest BCUT2D eigenvalue weighted by molar-refractivity contribution is 7.80. The van der Waals surface area contributed by atoms with Crippen LogP contribution in [0.2, 0.25) is 0 Å². The lowest BCUT2D eigenvalue weighted by molar-refractivity contribution is 0.202. The van der Waals surface area contributed by atoms with Gasteiger partial charge in [-0.15, -0.1) is 0 Å². The number of likely N-dealkylation sites (tertiary alicyclic amines) is 1. The predicted octanol–water partition coefficient (Wildman–Crippen LogP) is 2.67. The average molecular weight is 274 g/mol. The van der Waals surface area contributed by atoms with Crippen LogP contribution in [0.1, 0.15) is 36.0 Å². The minimum Gasteiger partial charge on any atom is -0.393 e. The van der Waals surface area contributed by atoms with Crippen LogP contribution >= 0.6 is 12.2 Å². The van der Waals surface area contributed by atoms with Crippen molar-refractivity contribution in [3.63, 3.8) is 0 Å².